The summed E-state index contributed by atoms with van der Waals surface area (Å²) in [4.78, 5) is 4.01. The van der Waals surface area contributed by atoms with E-state index in [1.165, 1.54) is 5.56 Å². The topological polar surface area (TPSA) is 57.4 Å². The first kappa shape index (κ1) is 15.5. The summed E-state index contributed by atoms with van der Waals surface area (Å²) in [5, 5.41) is 0. The lowest BCUT2D eigenvalue weighted by Crippen LogP contribution is -2.02. The highest BCUT2D eigenvalue weighted by Gasteiger charge is 2.03. The number of methoxy groups -OCH3 is 1. The maximum Gasteiger partial charge on any atom is 0.123 e. The maximum atomic E-state index is 5.71. The molecule has 0 spiro atoms. The number of hydrogen-bond donors (Lipinski definition) is 1. The lowest BCUT2D eigenvalue weighted by molar-refractivity contribution is 0.118. The molecule has 0 aliphatic carbocycles. The molecule has 0 amide bonds. The second-order valence-corrected chi connectivity index (χ2v) is 4.86. The normalized spacial score (nSPS) is 10.6. The van der Waals surface area contributed by atoms with Gasteiger partial charge in [-0.25, -0.2) is 0 Å². The van der Waals surface area contributed by atoms with E-state index in [2.05, 4.69) is 4.98 Å². The SMILES string of the molecule is COc1cc(COCCCc2ccncc2)ccc1CN. The molecule has 1 aromatic carbocycles. The molecule has 0 bridgehead atoms. The molecule has 2 N–H and O–H groups in total. The van der Waals surface area contributed by atoms with Gasteiger partial charge in [0.25, 0.3) is 0 Å². The van der Waals surface area contributed by atoms with Gasteiger partial charge in [0, 0.05) is 31.1 Å². The lowest BCUT2D eigenvalue weighted by Gasteiger charge is -2.10. The number of pyridine rings is 1. The molecular weight excluding hydrogens is 264 g/mol. The molecule has 1 aromatic heterocycles. The van der Waals surface area contributed by atoms with Crippen molar-refractivity contribution in [3.8, 4) is 5.75 Å². The third-order valence-corrected chi connectivity index (χ3v) is 3.34. The van der Waals surface area contributed by atoms with Gasteiger partial charge >= 0.3 is 0 Å². The first-order chi connectivity index (χ1) is 10.3. The van der Waals surface area contributed by atoms with Crippen LogP contribution in [0.15, 0.2) is 42.7 Å². The molecule has 0 saturated carbocycles. The lowest BCUT2D eigenvalue weighted by atomic mass is 10.1. The number of benzene rings is 1. The Kier molecular flexibility index (Phi) is 6.19. The summed E-state index contributed by atoms with van der Waals surface area (Å²) in [7, 11) is 1.66. The van der Waals surface area contributed by atoms with Gasteiger partial charge in [0.2, 0.25) is 0 Å². The van der Waals surface area contributed by atoms with Crippen LogP contribution in [0, 0.1) is 0 Å². The Balaban J connectivity index is 1.73. The summed E-state index contributed by atoms with van der Waals surface area (Å²) in [6.45, 7) is 1.82. The average molecular weight is 286 g/mol. The Morgan fingerprint density at radius 3 is 2.62 bits per heavy atom. The quantitative estimate of drug-likeness (QED) is 0.758. The zero-order valence-corrected chi connectivity index (χ0v) is 12.4. The van der Waals surface area contributed by atoms with Crippen LogP contribution in [0.1, 0.15) is 23.1 Å². The van der Waals surface area contributed by atoms with E-state index in [0.29, 0.717) is 13.2 Å². The minimum Gasteiger partial charge on any atom is -0.496 e. The molecule has 1 heterocycles. The number of nitrogens with two attached hydrogens (primary N) is 1. The Morgan fingerprint density at radius 2 is 1.90 bits per heavy atom. The van der Waals surface area contributed by atoms with Crippen molar-refractivity contribution in [2.45, 2.75) is 26.0 Å². The van der Waals surface area contributed by atoms with E-state index in [-0.39, 0.29) is 0 Å². The van der Waals surface area contributed by atoms with Crippen LogP contribution >= 0.6 is 0 Å². The van der Waals surface area contributed by atoms with Crippen LogP contribution in [-0.2, 0) is 24.3 Å². The van der Waals surface area contributed by atoms with E-state index in [1.807, 2.05) is 42.7 Å². The summed E-state index contributed by atoms with van der Waals surface area (Å²) in [5.41, 5.74) is 9.07. The molecule has 0 aliphatic rings. The van der Waals surface area contributed by atoms with Crippen LogP contribution < -0.4 is 10.5 Å². The molecule has 0 radical (unpaired) electrons. The zero-order chi connectivity index (χ0) is 14.9. The van der Waals surface area contributed by atoms with Gasteiger partial charge in [-0.2, -0.15) is 0 Å². The first-order valence-corrected chi connectivity index (χ1v) is 7.16. The predicted molar refractivity (Wildman–Crippen MR) is 83.1 cm³/mol. The minimum absolute atomic E-state index is 0.482. The summed E-state index contributed by atoms with van der Waals surface area (Å²) in [6, 6.07) is 10.1. The molecule has 0 aliphatic heterocycles. The molecule has 0 unspecified atom stereocenters. The molecule has 2 aromatic rings. The van der Waals surface area contributed by atoms with Gasteiger partial charge in [-0.05, 0) is 42.2 Å². The van der Waals surface area contributed by atoms with Gasteiger partial charge in [-0.15, -0.1) is 0 Å². The number of aromatic nitrogens is 1. The Labute approximate surface area is 125 Å². The van der Waals surface area contributed by atoms with Gasteiger partial charge in [-0.1, -0.05) is 12.1 Å². The Hall–Kier alpha value is -1.91. The van der Waals surface area contributed by atoms with E-state index >= 15 is 0 Å². The van der Waals surface area contributed by atoms with Crippen molar-refractivity contribution in [1.82, 2.24) is 4.98 Å². The number of hydrogen-bond acceptors (Lipinski definition) is 4. The van der Waals surface area contributed by atoms with Crippen LogP contribution in [0.2, 0.25) is 0 Å². The van der Waals surface area contributed by atoms with E-state index in [9.17, 15) is 0 Å². The third-order valence-electron chi connectivity index (χ3n) is 3.34. The highest BCUT2D eigenvalue weighted by molar-refractivity contribution is 5.37. The summed E-state index contributed by atoms with van der Waals surface area (Å²) >= 11 is 0. The standard InChI is InChI=1S/C17H22N2O2/c1-20-17-11-15(4-5-16(17)12-18)13-21-10-2-3-14-6-8-19-9-7-14/h4-9,11H,2-3,10,12-13,18H2,1H3. The highest BCUT2D eigenvalue weighted by Crippen LogP contribution is 2.20. The van der Waals surface area contributed by atoms with Gasteiger partial charge in [0.05, 0.1) is 13.7 Å². The number of nitrogens with zero attached hydrogens (tertiary/aromatic N) is 1. The maximum absolute atomic E-state index is 5.71. The fourth-order valence-electron chi connectivity index (χ4n) is 2.17. The molecule has 2 rings (SSSR count). The summed E-state index contributed by atoms with van der Waals surface area (Å²) in [5.74, 6) is 0.829. The fraction of sp³-hybridized carbons (Fsp3) is 0.353. The monoisotopic (exact) mass is 286 g/mol. The van der Waals surface area contributed by atoms with Crippen molar-refractivity contribution in [3.63, 3.8) is 0 Å². The second-order valence-electron chi connectivity index (χ2n) is 4.86. The number of aryl methyl sites for hydroxylation is 1. The van der Waals surface area contributed by atoms with Crippen LogP contribution in [-0.4, -0.2) is 18.7 Å². The summed E-state index contributed by atoms with van der Waals surface area (Å²) < 4.78 is 11.0. The zero-order valence-electron chi connectivity index (χ0n) is 12.4. The number of ether oxygens (including phenoxy) is 2. The second kappa shape index (κ2) is 8.39. The molecule has 0 fully saturated rings. The Bertz CT molecular complexity index is 544. The van der Waals surface area contributed by atoms with Crippen molar-refractivity contribution in [2.24, 2.45) is 5.73 Å². The van der Waals surface area contributed by atoms with E-state index in [1.54, 1.807) is 7.11 Å². The van der Waals surface area contributed by atoms with Crippen molar-refractivity contribution in [1.29, 1.82) is 0 Å². The van der Waals surface area contributed by atoms with Crippen molar-refractivity contribution >= 4 is 0 Å². The molecule has 4 nitrogen and oxygen atoms in total. The van der Waals surface area contributed by atoms with Crippen LogP contribution in [0.3, 0.4) is 0 Å². The van der Waals surface area contributed by atoms with Crippen LogP contribution in [0.4, 0.5) is 0 Å². The predicted octanol–water partition coefficient (Wildman–Crippen LogP) is 2.70. The number of rotatable bonds is 8. The third kappa shape index (κ3) is 4.85. The van der Waals surface area contributed by atoms with Gasteiger partial charge in [-0.3, -0.25) is 4.98 Å². The first-order valence-electron chi connectivity index (χ1n) is 7.16. The van der Waals surface area contributed by atoms with E-state index < -0.39 is 0 Å². The smallest absolute Gasteiger partial charge is 0.123 e. The van der Waals surface area contributed by atoms with Gasteiger partial charge < -0.3 is 15.2 Å². The molecule has 4 heteroatoms. The van der Waals surface area contributed by atoms with Gasteiger partial charge in [0.1, 0.15) is 5.75 Å². The fourth-order valence-corrected chi connectivity index (χ4v) is 2.17. The van der Waals surface area contributed by atoms with Crippen LogP contribution in [0.5, 0.6) is 5.75 Å². The molecule has 0 saturated heterocycles. The molecule has 112 valence electrons. The largest absolute Gasteiger partial charge is 0.496 e. The van der Waals surface area contributed by atoms with Gasteiger partial charge in [0.15, 0.2) is 0 Å². The Morgan fingerprint density at radius 1 is 1.10 bits per heavy atom. The molecular formula is C17H22N2O2. The van der Waals surface area contributed by atoms with Crippen molar-refractivity contribution < 1.29 is 9.47 Å². The van der Waals surface area contributed by atoms with E-state index in [4.69, 9.17) is 15.2 Å². The highest BCUT2D eigenvalue weighted by atomic mass is 16.5. The molecule has 0 atom stereocenters. The van der Waals surface area contributed by atoms with Crippen molar-refractivity contribution in [3.05, 3.63) is 59.4 Å². The minimum atomic E-state index is 0.482. The van der Waals surface area contributed by atoms with Crippen molar-refractivity contribution in [2.75, 3.05) is 13.7 Å². The van der Waals surface area contributed by atoms with E-state index in [0.717, 1.165) is 36.3 Å². The summed E-state index contributed by atoms with van der Waals surface area (Å²) in [6.07, 6.45) is 5.66. The van der Waals surface area contributed by atoms with Crippen LogP contribution in [0.25, 0.3) is 0 Å². The average Bonchev–Trinajstić information content (AvgIpc) is 2.55. The molecule has 21 heavy (non-hydrogen) atoms.